The normalized spacial score (nSPS) is 23.8. The van der Waals surface area contributed by atoms with Gasteiger partial charge in [-0.25, -0.2) is 8.42 Å². The van der Waals surface area contributed by atoms with Gasteiger partial charge in [-0.1, -0.05) is 12.8 Å². The number of thiophene rings is 1. The second kappa shape index (κ2) is 7.58. The van der Waals surface area contributed by atoms with Crippen LogP contribution in [0.5, 0.6) is 0 Å². The number of piperazine rings is 1. The Bertz CT molecular complexity index is 741. The van der Waals surface area contributed by atoms with Crippen LogP contribution in [-0.4, -0.2) is 73.7 Å². The van der Waals surface area contributed by atoms with Crippen molar-refractivity contribution < 1.29 is 13.2 Å². The summed E-state index contributed by atoms with van der Waals surface area (Å²) >= 11 is 1.25. The third-order valence-electron chi connectivity index (χ3n) is 5.95. The predicted octanol–water partition coefficient (Wildman–Crippen LogP) is 2.23. The summed E-state index contributed by atoms with van der Waals surface area (Å²) in [5.74, 6) is -0.121. The highest BCUT2D eigenvalue weighted by molar-refractivity contribution is 7.89. The molecule has 0 N–H and O–H groups in total. The lowest BCUT2D eigenvalue weighted by Gasteiger charge is -2.38. The minimum absolute atomic E-state index is 0.121. The van der Waals surface area contributed by atoms with E-state index in [-0.39, 0.29) is 10.8 Å². The van der Waals surface area contributed by atoms with Crippen molar-refractivity contribution in [1.29, 1.82) is 0 Å². The van der Waals surface area contributed by atoms with Gasteiger partial charge in [-0.3, -0.25) is 9.69 Å². The first-order chi connectivity index (χ1) is 12.6. The first kappa shape index (κ1) is 18.4. The van der Waals surface area contributed by atoms with Gasteiger partial charge in [0.15, 0.2) is 0 Å². The summed E-state index contributed by atoms with van der Waals surface area (Å²) in [4.78, 5) is 17.9. The highest BCUT2D eigenvalue weighted by atomic mass is 32.2. The third kappa shape index (κ3) is 3.44. The number of carbonyl (C=O) groups excluding carboxylic acids is 1. The monoisotopic (exact) mass is 397 g/mol. The van der Waals surface area contributed by atoms with Crippen LogP contribution in [0.25, 0.3) is 0 Å². The quantitative estimate of drug-likeness (QED) is 0.782. The summed E-state index contributed by atoms with van der Waals surface area (Å²) in [6, 6.07) is 2.28. The molecule has 2 saturated heterocycles. The number of sulfonamides is 1. The highest BCUT2D eigenvalue weighted by Crippen LogP contribution is 2.29. The summed E-state index contributed by atoms with van der Waals surface area (Å²) in [7, 11) is -3.55. The molecular weight excluding hydrogens is 370 g/mol. The molecule has 6 nitrogen and oxygen atoms in total. The van der Waals surface area contributed by atoms with E-state index in [1.165, 1.54) is 41.3 Å². The average Bonchev–Trinajstić information content (AvgIpc) is 3.43. The Labute approximate surface area is 159 Å². The zero-order chi connectivity index (χ0) is 18.1. The Morgan fingerprint density at radius 3 is 2.27 bits per heavy atom. The number of hydrogen-bond donors (Lipinski definition) is 0. The van der Waals surface area contributed by atoms with E-state index in [9.17, 15) is 13.2 Å². The summed E-state index contributed by atoms with van der Waals surface area (Å²) in [6.45, 7) is 4.30. The predicted molar refractivity (Wildman–Crippen MR) is 102 cm³/mol. The van der Waals surface area contributed by atoms with Crippen molar-refractivity contribution in [2.75, 3.05) is 39.3 Å². The largest absolute Gasteiger partial charge is 0.335 e. The molecule has 26 heavy (non-hydrogen) atoms. The fraction of sp³-hybridized carbons (Fsp3) is 0.722. The molecule has 0 atom stereocenters. The van der Waals surface area contributed by atoms with Gasteiger partial charge in [-0.2, -0.15) is 4.31 Å². The van der Waals surface area contributed by atoms with Crippen molar-refractivity contribution in [1.82, 2.24) is 14.1 Å². The lowest BCUT2D eigenvalue weighted by molar-refractivity contribution is 0.0574. The van der Waals surface area contributed by atoms with Crippen LogP contribution in [0.1, 0.15) is 48.2 Å². The van der Waals surface area contributed by atoms with Gasteiger partial charge in [0.1, 0.15) is 9.77 Å². The van der Waals surface area contributed by atoms with Gasteiger partial charge in [0.2, 0.25) is 10.0 Å². The third-order valence-corrected chi connectivity index (χ3v) is 8.92. The van der Waals surface area contributed by atoms with Crippen LogP contribution in [0.2, 0.25) is 0 Å². The summed E-state index contributed by atoms with van der Waals surface area (Å²) in [5, 5.41) is 1.73. The molecule has 3 fully saturated rings. The average molecular weight is 398 g/mol. The minimum Gasteiger partial charge on any atom is -0.335 e. The van der Waals surface area contributed by atoms with Gasteiger partial charge >= 0.3 is 0 Å². The van der Waals surface area contributed by atoms with Gasteiger partial charge in [-0.05, 0) is 37.1 Å². The van der Waals surface area contributed by atoms with Gasteiger partial charge in [-0.15, -0.1) is 11.3 Å². The molecule has 3 aliphatic rings. The number of hydrogen-bond acceptors (Lipinski definition) is 5. The summed E-state index contributed by atoms with van der Waals surface area (Å²) < 4.78 is 27.3. The molecule has 1 aromatic rings. The molecule has 0 radical (unpaired) electrons. The zero-order valence-corrected chi connectivity index (χ0v) is 16.7. The molecule has 8 heteroatoms. The molecule has 0 aromatic carbocycles. The maximum Gasteiger partial charge on any atom is 0.265 e. The minimum atomic E-state index is -3.55. The topological polar surface area (TPSA) is 60.9 Å². The SMILES string of the molecule is O=C(c1sccc1S(=O)(=O)N1CCCC1)N1CCN(C2CCCC2)CC1. The summed E-state index contributed by atoms with van der Waals surface area (Å²) in [5.41, 5.74) is 0. The van der Waals surface area contributed by atoms with E-state index >= 15 is 0 Å². The van der Waals surface area contributed by atoms with Gasteiger partial charge < -0.3 is 4.90 Å². The van der Waals surface area contributed by atoms with Crippen molar-refractivity contribution in [3.63, 3.8) is 0 Å². The van der Waals surface area contributed by atoms with E-state index in [1.807, 2.05) is 4.90 Å². The Morgan fingerprint density at radius 2 is 1.62 bits per heavy atom. The van der Waals surface area contributed by atoms with E-state index in [4.69, 9.17) is 0 Å². The van der Waals surface area contributed by atoms with Crippen LogP contribution in [0, 0.1) is 0 Å². The first-order valence-corrected chi connectivity index (χ1v) is 12.0. The molecule has 1 amide bonds. The highest BCUT2D eigenvalue weighted by Gasteiger charge is 2.34. The molecule has 0 bridgehead atoms. The fourth-order valence-corrected chi connectivity index (χ4v) is 7.31. The number of rotatable bonds is 4. The summed E-state index contributed by atoms with van der Waals surface area (Å²) in [6.07, 6.45) is 6.98. The molecule has 0 spiro atoms. The molecular formula is C18H27N3O3S2. The van der Waals surface area contributed by atoms with Crippen molar-refractivity contribution in [2.45, 2.75) is 49.5 Å². The number of nitrogens with zero attached hydrogens (tertiary/aromatic N) is 3. The standard InChI is InChI=1S/C18H27N3O3S2/c22-18(20-12-10-19(11-13-20)15-5-1-2-6-15)17-16(7-14-25-17)26(23,24)21-8-3-4-9-21/h7,14-15H,1-6,8-13H2. The van der Waals surface area contributed by atoms with Crippen LogP contribution in [0.15, 0.2) is 16.3 Å². The van der Waals surface area contributed by atoms with E-state index < -0.39 is 10.0 Å². The van der Waals surface area contributed by atoms with Gasteiger partial charge in [0, 0.05) is 45.3 Å². The van der Waals surface area contributed by atoms with Crippen LogP contribution in [0.4, 0.5) is 0 Å². The lowest BCUT2D eigenvalue weighted by Crippen LogP contribution is -2.51. The molecule has 2 aliphatic heterocycles. The van der Waals surface area contributed by atoms with E-state index in [2.05, 4.69) is 4.90 Å². The fourth-order valence-electron chi connectivity index (χ4n) is 4.43. The van der Waals surface area contributed by atoms with Gasteiger partial charge in [0.05, 0.1) is 0 Å². The molecule has 1 aromatic heterocycles. The zero-order valence-electron chi connectivity index (χ0n) is 15.1. The van der Waals surface area contributed by atoms with Crippen molar-refractivity contribution in [3.8, 4) is 0 Å². The second-order valence-corrected chi connectivity index (χ2v) is 10.3. The first-order valence-electron chi connectivity index (χ1n) is 9.68. The lowest BCUT2D eigenvalue weighted by atomic mass is 10.2. The Kier molecular flexibility index (Phi) is 5.36. The number of amides is 1. The van der Waals surface area contributed by atoms with Gasteiger partial charge in [0.25, 0.3) is 5.91 Å². The van der Waals surface area contributed by atoms with Crippen LogP contribution in [0.3, 0.4) is 0 Å². The van der Waals surface area contributed by atoms with Crippen LogP contribution >= 0.6 is 11.3 Å². The smallest absolute Gasteiger partial charge is 0.265 e. The second-order valence-electron chi connectivity index (χ2n) is 7.49. The molecule has 3 heterocycles. The molecule has 144 valence electrons. The van der Waals surface area contributed by atoms with Crippen molar-refractivity contribution in [2.24, 2.45) is 0 Å². The maximum atomic E-state index is 13.0. The molecule has 0 unspecified atom stereocenters. The molecule has 4 rings (SSSR count). The maximum absolute atomic E-state index is 13.0. The van der Waals surface area contributed by atoms with E-state index in [0.717, 1.165) is 25.9 Å². The Hall–Kier alpha value is -0.960. The van der Waals surface area contributed by atoms with Crippen LogP contribution < -0.4 is 0 Å². The van der Waals surface area contributed by atoms with Crippen molar-refractivity contribution >= 4 is 27.3 Å². The number of carbonyl (C=O) groups is 1. The van der Waals surface area contributed by atoms with Crippen LogP contribution in [-0.2, 0) is 10.0 Å². The Morgan fingerprint density at radius 1 is 0.962 bits per heavy atom. The van der Waals surface area contributed by atoms with E-state index in [0.29, 0.717) is 37.1 Å². The molecule has 1 aliphatic carbocycles. The molecule has 1 saturated carbocycles. The Balaban J connectivity index is 1.45. The van der Waals surface area contributed by atoms with Crippen molar-refractivity contribution in [3.05, 3.63) is 16.3 Å². The van der Waals surface area contributed by atoms with E-state index in [1.54, 1.807) is 11.4 Å².